The molecule has 2 amide bonds. The Labute approximate surface area is 180 Å². The topological polar surface area (TPSA) is 49.4 Å². The Bertz CT molecular complexity index is 816. The molecule has 150 valence electrons. The summed E-state index contributed by atoms with van der Waals surface area (Å²) in [5.41, 5.74) is 1.80. The van der Waals surface area contributed by atoms with Gasteiger partial charge in [0.05, 0.1) is 5.75 Å². The van der Waals surface area contributed by atoms with Crippen molar-refractivity contribution < 1.29 is 9.59 Å². The van der Waals surface area contributed by atoms with Crippen LogP contribution in [0.25, 0.3) is 0 Å². The van der Waals surface area contributed by atoms with Crippen LogP contribution >= 0.6 is 35.0 Å². The van der Waals surface area contributed by atoms with Crippen molar-refractivity contribution in [2.45, 2.75) is 31.7 Å². The van der Waals surface area contributed by atoms with E-state index in [2.05, 4.69) is 5.32 Å². The number of nitrogens with zero attached hydrogens (tertiary/aromatic N) is 1. The first-order chi connectivity index (χ1) is 13.5. The van der Waals surface area contributed by atoms with E-state index in [-0.39, 0.29) is 24.1 Å². The molecule has 0 aromatic heterocycles. The van der Waals surface area contributed by atoms with E-state index in [4.69, 9.17) is 23.2 Å². The largest absolute Gasteiger partial charge is 0.357 e. The van der Waals surface area contributed by atoms with E-state index >= 15 is 0 Å². The molecule has 1 atom stereocenters. The second kappa shape index (κ2) is 11.3. The summed E-state index contributed by atoms with van der Waals surface area (Å²) in [6, 6.07) is 14.4. The molecule has 7 heteroatoms. The SMILES string of the molecule is CC[C@H](C(=O)NC)N(Cc1ccccc1Cl)C(=O)CSCc1ccccc1Cl. The first kappa shape index (κ1) is 22.6. The summed E-state index contributed by atoms with van der Waals surface area (Å²) < 4.78 is 0. The van der Waals surface area contributed by atoms with Crippen LogP contribution in [0.5, 0.6) is 0 Å². The van der Waals surface area contributed by atoms with Gasteiger partial charge in [-0.15, -0.1) is 11.8 Å². The number of thioether (sulfide) groups is 1. The maximum atomic E-state index is 13.0. The molecular weight excluding hydrogens is 415 g/mol. The van der Waals surface area contributed by atoms with Crippen LogP contribution in [0.4, 0.5) is 0 Å². The molecule has 4 nitrogen and oxygen atoms in total. The smallest absolute Gasteiger partial charge is 0.242 e. The molecule has 0 unspecified atom stereocenters. The van der Waals surface area contributed by atoms with Crippen LogP contribution < -0.4 is 5.32 Å². The number of halogens is 2. The highest BCUT2D eigenvalue weighted by Crippen LogP contribution is 2.23. The van der Waals surface area contributed by atoms with Gasteiger partial charge in [-0.25, -0.2) is 0 Å². The second-order valence-corrected chi connectivity index (χ2v) is 8.04. The van der Waals surface area contributed by atoms with Gasteiger partial charge in [-0.3, -0.25) is 9.59 Å². The number of nitrogens with one attached hydrogen (secondary N) is 1. The predicted molar refractivity (Wildman–Crippen MR) is 118 cm³/mol. The first-order valence-electron chi connectivity index (χ1n) is 9.03. The van der Waals surface area contributed by atoms with Gasteiger partial charge in [0.2, 0.25) is 11.8 Å². The molecule has 0 aliphatic heterocycles. The number of carbonyl (C=O) groups is 2. The van der Waals surface area contributed by atoms with E-state index in [1.165, 1.54) is 11.8 Å². The number of rotatable bonds is 9. The van der Waals surface area contributed by atoms with Gasteiger partial charge in [0.15, 0.2) is 0 Å². The monoisotopic (exact) mass is 438 g/mol. The molecule has 0 spiro atoms. The maximum Gasteiger partial charge on any atom is 0.242 e. The van der Waals surface area contributed by atoms with Gasteiger partial charge in [0.1, 0.15) is 6.04 Å². The van der Waals surface area contributed by atoms with E-state index in [1.54, 1.807) is 18.0 Å². The number of likely N-dealkylation sites (N-methyl/N-ethyl adjacent to an activating group) is 1. The van der Waals surface area contributed by atoms with Gasteiger partial charge in [-0.2, -0.15) is 0 Å². The van der Waals surface area contributed by atoms with E-state index < -0.39 is 6.04 Å². The van der Waals surface area contributed by atoms with Gasteiger partial charge in [0.25, 0.3) is 0 Å². The zero-order valence-electron chi connectivity index (χ0n) is 16.0. The molecule has 2 aromatic rings. The fourth-order valence-electron chi connectivity index (χ4n) is 2.84. The second-order valence-electron chi connectivity index (χ2n) is 6.24. The molecule has 0 saturated carbocycles. The summed E-state index contributed by atoms with van der Waals surface area (Å²) in [6.07, 6.45) is 0.519. The summed E-state index contributed by atoms with van der Waals surface area (Å²) >= 11 is 13.9. The average Bonchev–Trinajstić information content (AvgIpc) is 2.70. The van der Waals surface area contributed by atoms with Crippen molar-refractivity contribution in [2.24, 2.45) is 0 Å². The molecule has 1 N–H and O–H groups in total. The lowest BCUT2D eigenvalue weighted by molar-refractivity contribution is -0.139. The molecule has 0 fully saturated rings. The highest BCUT2D eigenvalue weighted by Gasteiger charge is 2.28. The molecule has 0 radical (unpaired) electrons. The minimum atomic E-state index is -0.547. The van der Waals surface area contributed by atoms with Crippen molar-refractivity contribution in [1.29, 1.82) is 0 Å². The molecule has 0 bridgehead atoms. The van der Waals surface area contributed by atoms with E-state index in [1.807, 2.05) is 49.4 Å². The van der Waals surface area contributed by atoms with Crippen LogP contribution in [0.15, 0.2) is 48.5 Å². The van der Waals surface area contributed by atoms with Crippen LogP contribution in [-0.2, 0) is 21.9 Å². The van der Waals surface area contributed by atoms with Crippen molar-refractivity contribution in [1.82, 2.24) is 10.2 Å². The number of amides is 2. The lowest BCUT2D eigenvalue weighted by atomic mass is 10.1. The van der Waals surface area contributed by atoms with Crippen molar-refractivity contribution in [3.63, 3.8) is 0 Å². The molecule has 0 aliphatic carbocycles. The molecular formula is C21H24Cl2N2O2S. The van der Waals surface area contributed by atoms with Gasteiger partial charge in [-0.1, -0.05) is 66.5 Å². The molecule has 0 heterocycles. The maximum absolute atomic E-state index is 13.0. The molecule has 0 saturated heterocycles. The quantitative estimate of drug-likeness (QED) is 0.612. The zero-order valence-corrected chi connectivity index (χ0v) is 18.3. The van der Waals surface area contributed by atoms with Crippen molar-refractivity contribution in [3.8, 4) is 0 Å². The first-order valence-corrected chi connectivity index (χ1v) is 10.9. The summed E-state index contributed by atoms with van der Waals surface area (Å²) in [5, 5.41) is 3.92. The summed E-state index contributed by atoms with van der Waals surface area (Å²) in [5.74, 6) is 0.595. The third kappa shape index (κ3) is 6.16. The Balaban J connectivity index is 2.12. The summed E-state index contributed by atoms with van der Waals surface area (Å²) in [7, 11) is 1.58. The van der Waals surface area contributed by atoms with E-state index in [0.29, 0.717) is 22.2 Å². The van der Waals surface area contributed by atoms with Gasteiger partial charge in [0, 0.05) is 29.4 Å². The molecule has 28 heavy (non-hydrogen) atoms. The van der Waals surface area contributed by atoms with Crippen LogP contribution in [0.2, 0.25) is 10.0 Å². The van der Waals surface area contributed by atoms with Crippen LogP contribution in [0.3, 0.4) is 0 Å². The predicted octanol–water partition coefficient (Wildman–Crippen LogP) is 4.78. The van der Waals surface area contributed by atoms with Gasteiger partial charge in [-0.05, 0) is 29.7 Å². The van der Waals surface area contributed by atoms with Gasteiger partial charge < -0.3 is 10.2 Å². The standard InChI is InChI=1S/C21H24Cl2N2O2S/c1-3-19(21(27)24-2)25(12-15-8-4-6-10-17(15)22)20(26)14-28-13-16-9-5-7-11-18(16)23/h4-11,19H,3,12-14H2,1-2H3,(H,24,27)/t19-/m1/s1. The van der Waals surface area contributed by atoms with Crippen molar-refractivity contribution in [3.05, 3.63) is 69.7 Å². The number of benzene rings is 2. The Morgan fingerprint density at radius 3 is 2.14 bits per heavy atom. The Morgan fingerprint density at radius 2 is 1.61 bits per heavy atom. The highest BCUT2D eigenvalue weighted by atomic mass is 35.5. The average molecular weight is 439 g/mol. The van der Waals surface area contributed by atoms with Crippen molar-refractivity contribution >= 4 is 46.8 Å². The number of hydrogen-bond donors (Lipinski definition) is 1. The normalized spacial score (nSPS) is 11.7. The number of carbonyl (C=O) groups excluding carboxylic acids is 2. The molecule has 2 aromatic carbocycles. The minimum Gasteiger partial charge on any atom is -0.357 e. The van der Waals surface area contributed by atoms with Crippen LogP contribution in [-0.4, -0.2) is 35.6 Å². The lowest BCUT2D eigenvalue weighted by Crippen LogP contribution is -2.48. The van der Waals surface area contributed by atoms with E-state index in [9.17, 15) is 9.59 Å². The Morgan fingerprint density at radius 1 is 1.04 bits per heavy atom. The fraction of sp³-hybridized carbons (Fsp3) is 0.333. The summed E-state index contributed by atoms with van der Waals surface area (Å²) in [6.45, 7) is 2.18. The zero-order chi connectivity index (χ0) is 20.5. The lowest BCUT2D eigenvalue weighted by Gasteiger charge is -2.30. The molecule has 2 rings (SSSR count). The minimum absolute atomic E-state index is 0.104. The fourth-order valence-corrected chi connectivity index (χ4v) is 4.23. The van der Waals surface area contributed by atoms with Crippen molar-refractivity contribution in [2.75, 3.05) is 12.8 Å². The third-order valence-electron chi connectivity index (χ3n) is 4.37. The van der Waals surface area contributed by atoms with Crippen LogP contribution in [0, 0.1) is 0 Å². The Hall–Kier alpha value is -1.69. The Kier molecular flexibility index (Phi) is 9.16. The van der Waals surface area contributed by atoms with Crippen LogP contribution in [0.1, 0.15) is 24.5 Å². The van der Waals surface area contributed by atoms with Gasteiger partial charge >= 0.3 is 0 Å². The number of hydrogen-bond acceptors (Lipinski definition) is 3. The third-order valence-corrected chi connectivity index (χ3v) is 6.08. The highest BCUT2D eigenvalue weighted by molar-refractivity contribution is 7.99. The summed E-state index contributed by atoms with van der Waals surface area (Å²) in [4.78, 5) is 27.0. The van der Waals surface area contributed by atoms with E-state index in [0.717, 1.165) is 11.1 Å². The molecule has 0 aliphatic rings.